The number of nitrogens with one attached hydrogen (secondary N) is 2. The fraction of sp³-hybridized carbons (Fsp3) is 0.444. The van der Waals surface area contributed by atoms with Crippen LogP contribution in [-0.2, 0) is 14.3 Å². The van der Waals surface area contributed by atoms with Crippen LogP contribution in [0, 0.1) is 5.41 Å². The molecule has 1 aliphatic rings. The lowest BCUT2D eigenvalue weighted by atomic mass is 9.74. The van der Waals surface area contributed by atoms with Crippen LogP contribution < -0.4 is 10.6 Å². The van der Waals surface area contributed by atoms with Gasteiger partial charge in [0.1, 0.15) is 12.6 Å². The number of carboxylic acid groups (broad SMARTS) is 1. The maximum Gasteiger partial charge on any atom is 0.407 e. The van der Waals surface area contributed by atoms with E-state index in [1.165, 1.54) is 0 Å². The normalized spacial score (nSPS) is 14.0. The maximum absolute atomic E-state index is 13.1. The van der Waals surface area contributed by atoms with Gasteiger partial charge < -0.3 is 20.5 Å². The standard InChI is InChI=1S/C27H34N2O5S/c1-26(2,24(31)32)27(3,4)29-23(30)22(14-15-35-5)28-25(33)34-16-21-19-12-8-6-10-17(19)18-11-7-9-13-20(18)21/h6-13,21-22H,14-16H2,1-5H3,(H,28,33)(H,29,30)(H,31,32)/t22-/m1/s1. The van der Waals surface area contributed by atoms with E-state index in [9.17, 15) is 19.5 Å². The minimum Gasteiger partial charge on any atom is -0.481 e. The summed E-state index contributed by atoms with van der Waals surface area (Å²) in [5.74, 6) is -0.897. The predicted octanol–water partition coefficient (Wildman–Crippen LogP) is 4.65. The lowest BCUT2D eigenvalue weighted by Crippen LogP contribution is -2.60. The van der Waals surface area contributed by atoms with E-state index < -0.39 is 35.0 Å². The van der Waals surface area contributed by atoms with E-state index in [0.29, 0.717) is 12.2 Å². The topological polar surface area (TPSA) is 105 Å². The molecule has 0 fully saturated rings. The fourth-order valence-electron chi connectivity index (χ4n) is 4.11. The molecule has 2 aromatic carbocycles. The zero-order chi connectivity index (χ0) is 25.8. The Balaban J connectivity index is 1.68. The van der Waals surface area contributed by atoms with Gasteiger partial charge in [-0.2, -0.15) is 11.8 Å². The van der Waals surface area contributed by atoms with E-state index >= 15 is 0 Å². The van der Waals surface area contributed by atoms with Crippen LogP contribution in [0.5, 0.6) is 0 Å². The van der Waals surface area contributed by atoms with Crippen LogP contribution in [0.1, 0.15) is 51.2 Å². The zero-order valence-electron chi connectivity index (χ0n) is 20.9. The molecule has 0 aliphatic heterocycles. The number of fused-ring (bicyclic) bond motifs is 3. The van der Waals surface area contributed by atoms with E-state index in [2.05, 4.69) is 22.8 Å². The molecule has 2 aromatic rings. The maximum atomic E-state index is 13.1. The molecular weight excluding hydrogens is 464 g/mol. The van der Waals surface area contributed by atoms with Gasteiger partial charge in [0.25, 0.3) is 0 Å². The zero-order valence-corrected chi connectivity index (χ0v) is 21.7. The van der Waals surface area contributed by atoms with Gasteiger partial charge in [-0.1, -0.05) is 48.5 Å². The van der Waals surface area contributed by atoms with Gasteiger partial charge in [-0.05, 0) is 68.4 Å². The number of alkyl carbamates (subject to hydrolysis) is 1. The quantitative estimate of drug-likeness (QED) is 0.440. The summed E-state index contributed by atoms with van der Waals surface area (Å²) in [6.07, 6.45) is 1.63. The second-order valence-electron chi connectivity index (χ2n) is 9.85. The molecular formula is C27H34N2O5S. The second kappa shape index (κ2) is 10.7. The largest absolute Gasteiger partial charge is 0.481 e. The molecule has 0 spiro atoms. The molecule has 0 saturated heterocycles. The summed E-state index contributed by atoms with van der Waals surface area (Å²) >= 11 is 1.55. The van der Waals surface area contributed by atoms with Crippen molar-refractivity contribution >= 4 is 29.7 Å². The first-order valence-electron chi connectivity index (χ1n) is 11.7. The number of hydrogen-bond donors (Lipinski definition) is 3. The highest BCUT2D eigenvalue weighted by molar-refractivity contribution is 7.98. The van der Waals surface area contributed by atoms with Gasteiger partial charge in [-0.15, -0.1) is 0 Å². The van der Waals surface area contributed by atoms with Gasteiger partial charge in [0.15, 0.2) is 0 Å². The minimum absolute atomic E-state index is 0.0816. The van der Waals surface area contributed by atoms with E-state index in [1.807, 2.05) is 42.7 Å². The molecule has 1 aliphatic carbocycles. The number of ether oxygens (including phenoxy) is 1. The van der Waals surface area contributed by atoms with Crippen molar-refractivity contribution in [3.63, 3.8) is 0 Å². The van der Waals surface area contributed by atoms with Crippen LogP contribution in [-0.4, -0.2) is 53.3 Å². The van der Waals surface area contributed by atoms with Gasteiger partial charge in [-0.3, -0.25) is 9.59 Å². The Morgan fingerprint density at radius 2 is 1.54 bits per heavy atom. The summed E-state index contributed by atoms with van der Waals surface area (Å²) in [7, 11) is 0. The van der Waals surface area contributed by atoms with Crippen molar-refractivity contribution in [2.45, 2.75) is 51.6 Å². The van der Waals surface area contributed by atoms with E-state index in [1.54, 1.807) is 39.5 Å². The molecule has 0 aromatic heterocycles. The van der Waals surface area contributed by atoms with Crippen LogP contribution in [0.25, 0.3) is 11.1 Å². The van der Waals surface area contributed by atoms with E-state index in [0.717, 1.165) is 22.3 Å². The first kappa shape index (κ1) is 26.6. The Bertz CT molecular complexity index is 1050. The smallest absolute Gasteiger partial charge is 0.407 e. The van der Waals surface area contributed by atoms with Crippen LogP contribution in [0.3, 0.4) is 0 Å². The molecule has 2 amide bonds. The summed E-state index contributed by atoms with van der Waals surface area (Å²) in [4.78, 5) is 37.5. The van der Waals surface area contributed by atoms with Crippen LogP contribution in [0.4, 0.5) is 4.79 Å². The highest BCUT2D eigenvalue weighted by atomic mass is 32.2. The predicted molar refractivity (Wildman–Crippen MR) is 139 cm³/mol. The lowest BCUT2D eigenvalue weighted by molar-refractivity contribution is -0.152. The molecule has 188 valence electrons. The molecule has 0 saturated carbocycles. The Morgan fingerprint density at radius 3 is 2.06 bits per heavy atom. The Labute approximate surface area is 211 Å². The number of carbonyl (C=O) groups is 3. The number of amides is 2. The van der Waals surface area contributed by atoms with Crippen LogP contribution in [0.15, 0.2) is 48.5 Å². The molecule has 0 bridgehead atoms. The highest BCUT2D eigenvalue weighted by Gasteiger charge is 2.45. The lowest BCUT2D eigenvalue weighted by Gasteiger charge is -2.39. The average molecular weight is 499 g/mol. The second-order valence-corrected chi connectivity index (χ2v) is 10.8. The SMILES string of the molecule is CSCC[C@@H](NC(=O)OCC1c2ccccc2-c2ccccc21)C(=O)NC(C)(C)C(C)(C)C(=O)O. The summed E-state index contributed by atoms with van der Waals surface area (Å²) < 4.78 is 5.60. The summed E-state index contributed by atoms with van der Waals surface area (Å²) in [5, 5.41) is 15.1. The van der Waals surface area contributed by atoms with Gasteiger partial charge in [0, 0.05) is 5.92 Å². The van der Waals surface area contributed by atoms with Crippen molar-refractivity contribution in [3.8, 4) is 11.1 Å². The summed E-state index contributed by atoms with van der Waals surface area (Å²) in [6.45, 7) is 6.60. The van der Waals surface area contributed by atoms with E-state index in [4.69, 9.17) is 4.74 Å². The Morgan fingerprint density at radius 1 is 1.00 bits per heavy atom. The molecule has 3 N–H and O–H groups in total. The third-order valence-electron chi connectivity index (χ3n) is 7.10. The molecule has 7 nitrogen and oxygen atoms in total. The molecule has 35 heavy (non-hydrogen) atoms. The third kappa shape index (κ3) is 5.64. The van der Waals surface area contributed by atoms with Crippen LogP contribution >= 0.6 is 11.8 Å². The molecule has 1 atom stereocenters. The van der Waals surface area contributed by atoms with Gasteiger partial charge in [0.2, 0.25) is 5.91 Å². The Hall–Kier alpha value is -3.00. The van der Waals surface area contributed by atoms with Crippen LogP contribution in [0.2, 0.25) is 0 Å². The average Bonchev–Trinajstić information content (AvgIpc) is 3.13. The summed E-state index contributed by atoms with van der Waals surface area (Å²) in [6, 6.07) is 15.3. The molecule has 0 unspecified atom stereocenters. The van der Waals surface area contributed by atoms with Gasteiger partial charge in [-0.25, -0.2) is 4.79 Å². The van der Waals surface area contributed by atoms with Crippen molar-refractivity contribution in [1.82, 2.24) is 10.6 Å². The fourth-order valence-corrected chi connectivity index (χ4v) is 4.58. The number of rotatable bonds is 10. The van der Waals surface area contributed by atoms with Gasteiger partial charge >= 0.3 is 12.1 Å². The number of carbonyl (C=O) groups excluding carboxylic acids is 2. The third-order valence-corrected chi connectivity index (χ3v) is 7.74. The number of benzene rings is 2. The first-order chi connectivity index (χ1) is 16.5. The monoisotopic (exact) mass is 498 g/mol. The molecule has 3 rings (SSSR count). The first-order valence-corrected chi connectivity index (χ1v) is 13.0. The molecule has 0 radical (unpaired) electrons. The Kier molecular flexibility index (Phi) is 8.15. The van der Waals surface area contributed by atoms with Crippen molar-refractivity contribution in [2.24, 2.45) is 5.41 Å². The van der Waals surface area contributed by atoms with Gasteiger partial charge in [0.05, 0.1) is 11.0 Å². The van der Waals surface area contributed by atoms with E-state index in [-0.39, 0.29) is 12.5 Å². The number of hydrogen-bond acceptors (Lipinski definition) is 5. The minimum atomic E-state index is -1.21. The van der Waals surface area contributed by atoms with Crippen molar-refractivity contribution in [1.29, 1.82) is 0 Å². The van der Waals surface area contributed by atoms with Crippen molar-refractivity contribution in [3.05, 3.63) is 59.7 Å². The number of aliphatic carboxylic acids is 1. The molecule has 0 heterocycles. The van der Waals surface area contributed by atoms with Crippen molar-refractivity contribution in [2.75, 3.05) is 18.6 Å². The highest BCUT2D eigenvalue weighted by Crippen LogP contribution is 2.44. The van der Waals surface area contributed by atoms with Crippen molar-refractivity contribution < 1.29 is 24.2 Å². The summed E-state index contributed by atoms with van der Waals surface area (Å²) in [5.41, 5.74) is 2.23. The number of thioether (sulfide) groups is 1. The number of carboxylic acids is 1. The molecule has 8 heteroatoms.